The minimum Gasteiger partial charge on any atom is -0.304 e. The maximum absolute atomic E-state index is 5.05. The first-order chi connectivity index (χ1) is 6.92. The Bertz CT molecular complexity index is 294. The van der Waals surface area contributed by atoms with E-state index in [1.165, 1.54) is 30.4 Å². The van der Waals surface area contributed by atoms with Crippen LogP contribution >= 0.6 is 0 Å². The second kappa shape index (κ2) is 4.58. The van der Waals surface area contributed by atoms with Gasteiger partial charge >= 0.3 is 0 Å². The van der Waals surface area contributed by atoms with Crippen LogP contribution in [0.2, 0.25) is 0 Å². The fourth-order valence-electron chi connectivity index (χ4n) is 2.05. The van der Waals surface area contributed by atoms with E-state index in [-0.39, 0.29) is 0 Å². The van der Waals surface area contributed by atoms with Gasteiger partial charge in [-0.05, 0) is 36.3 Å². The van der Waals surface area contributed by atoms with Crippen molar-refractivity contribution in [3.63, 3.8) is 0 Å². The molecule has 0 spiro atoms. The van der Waals surface area contributed by atoms with Crippen molar-refractivity contribution in [3.05, 3.63) is 35.4 Å². The second-order valence-corrected chi connectivity index (χ2v) is 3.95. The van der Waals surface area contributed by atoms with Crippen molar-refractivity contribution in [2.75, 3.05) is 6.61 Å². The van der Waals surface area contributed by atoms with Crippen LogP contribution in [0.5, 0.6) is 0 Å². The standard InChI is InChI=1S/C12H17NO/c13-14-9-8-11-4-1-2-7-12(11)10-5-3-6-10/h1-2,4,7,10H,3,5-6,8-9,13H2. The van der Waals surface area contributed by atoms with Crippen molar-refractivity contribution in [1.82, 2.24) is 0 Å². The van der Waals surface area contributed by atoms with Gasteiger partial charge in [0.05, 0.1) is 6.61 Å². The Balaban J connectivity index is 2.11. The number of benzene rings is 1. The molecule has 0 atom stereocenters. The zero-order chi connectivity index (χ0) is 9.80. The summed E-state index contributed by atoms with van der Waals surface area (Å²) in [6, 6.07) is 8.65. The molecule has 0 heterocycles. The molecule has 1 aliphatic rings. The monoisotopic (exact) mass is 191 g/mol. The average molecular weight is 191 g/mol. The van der Waals surface area contributed by atoms with Crippen LogP contribution < -0.4 is 5.90 Å². The molecular weight excluding hydrogens is 174 g/mol. The average Bonchev–Trinajstić information content (AvgIpc) is 2.14. The second-order valence-electron chi connectivity index (χ2n) is 3.95. The van der Waals surface area contributed by atoms with Gasteiger partial charge in [-0.15, -0.1) is 0 Å². The van der Waals surface area contributed by atoms with Crippen molar-refractivity contribution in [2.24, 2.45) is 5.90 Å². The molecule has 0 saturated heterocycles. The van der Waals surface area contributed by atoms with Crippen LogP contribution in [0.4, 0.5) is 0 Å². The lowest BCUT2D eigenvalue weighted by Gasteiger charge is -2.27. The van der Waals surface area contributed by atoms with E-state index in [9.17, 15) is 0 Å². The Morgan fingerprint density at radius 2 is 2.07 bits per heavy atom. The Labute approximate surface area is 85.0 Å². The highest BCUT2D eigenvalue weighted by molar-refractivity contribution is 5.31. The quantitative estimate of drug-likeness (QED) is 0.742. The summed E-state index contributed by atoms with van der Waals surface area (Å²) in [5.41, 5.74) is 2.92. The van der Waals surface area contributed by atoms with E-state index in [0.29, 0.717) is 6.61 Å². The predicted octanol–water partition coefficient (Wildman–Crippen LogP) is 2.39. The molecule has 0 unspecified atom stereocenters. The molecule has 2 N–H and O–H groups in total. The highest BCUT2D eigenvalue weighted by Crippen LogP contribution is 2.37. The lowest BCUT2D eigenvalue weighted by molar-refractivity contribution is 0.141. The van der Waals surface area contributed by atoms with E-state index in [2.05, 4.69) is 29.1 Å². The maximum atomic E-state index is 5.05. The summed E-state index contributed by atoms with van der Waals surface area (Å²) in [4.78, 5) is 4.63. The summed E-state index contributed by atoms with van der Waals surface area (Å²) in [5, 5.41) is 0. The maximum Gasteiger partial charge on any atom is 0.0719 e. The largest absolute Gasteiger partial charge is 0.304 e. The van der Waals surface area contributed by atoms with E-state index in [4.69, 9.17) is 5.90 Å². The minimum atomic E-state index is 0.615. The molecule has 1 aliphatic carbocycles. The molecule has 2 nitrogen and oxygen atoms in total. The third-order valence-electron chi connectivity index (χ3n) is 3.09. The Morgan fingerprint density at radius 1 is 1.29 bits per heavy atom. The molecular formula is C12H17NO. The predicted molar refractivity (Wildman–Crippen MR) is 56.9 cm³/mol. The van der Waals surface area contributed by atoms with Gasteiger partial charge in [0, 0.05) is 0 Å². The Hall–Kier alpha value is -0.860. The number of hydrogen-bond donors (Lipinski definition) is 1. The lowest BCUT2D eigenvalue weighted by atomic mass is 9.78. The lowest BCUT2D eigenvalue weighted by Crippen LogP contribution is -2.13. The third-order valence-corrected chi connectivity index (χ3v) is 3.09. The van der Waals surface area contributed by atoms with Crippen LogP contribution in [0, 0.1) is 0 Å². The van der Waals surface area contributed by atoms with E-state index < -0.39 is 0 Å². The van der Waals surface area contributed by atoms with Gasteiger partial charge in [0.2, 0.25) is 0 Å². The van der Waals surface area contributed by atoms with E-state index in [1.54, 1.807) is 0 Å². The van der Waals surface area contributed by atoms with Gasteiger partial charge in [-0.2, -0.15) is 0 Å². The van der Waals surface area contributed by atoms with Crippen molar-refractivity contribution < 1.29 is 4.84 Å². The molecule has 14 heavy (non-hydrogen) atoms. The minimum absolute atomic E-state index is 0.615. The molecule has 0 radical (unpaired) electrons. The summed E-state index contributed by atoms with van der Waals surface area (Å²) in [5.74, 6) is 5.84. The van der Waals surface area contributed by atoms with Crippen LogP contribution in [-0.4, -0.2) is 6.61 Å². The van der Waals surface area contributed by atoms with Gasteiger partial charge in [-0.25, -0.2) is 5.90 Å². The Kier molecular flexibility index (Phi) is 3.17. The molecule has 1 aromatic carbocycles. The number of rotatable bonds is 4. The van der Waals surface area contributed by atoms with Gasteiger partial charge in [0.25, 0.3) is 0 Å². The smallest absolute Gasteiger partial charge is 0.0719 e. The fourth-order valence-corrected chi connectivity index (χ4v) is 2.05. The van der Waals surface area contributed by atoms with Crippen molar-refractivity contribution in [2.45, 2.75) is 31.6 Å². The van der Waals surface area contributed by atoms with E-state index >= 15 is 0 Å². The molecule has 0 aromatic heterocycles. The summed E-state index contributed by atoms with van der Waals surface area (Å²) >= 11 is 0. The van der Waals surface area contributed by atoms with Crippen LogP contribution in [-0.2, 0) is 11.3 Å². The van der Waals surface area contributed by atoms with Gasteiger partial charge in [0.1, 0.15) is 0 Å². The van der Waals surface area contributed by atoms with Gasteiger partial charge < -0.3 is 4.84 Å². The van der Waals surface area contributed by atoms with Crippen molar-refractivity contribution >= 4 is 0 Å². The summed E-state index contributed by atoms with van der Waals surface area (Å²) in [6.07, 6.45) is 5.01. The number of hydrogen-bond acceptors (Lipinski definition) is 2. The summed E-state index contributed by atoms with van der Waals surface area (Å²) in [7, 11) is 0. The highest BCUT2D eigenvalue weighted by Gasteiger charge is 2.21. The van der Waals surface area contributed by atoms with Crippen LogP contribution in [0.1, 0.15) is 36.3 Å². The van der Waals surface area contributed by atoms with Gasteiger partial charge in [-0.1, -0.05) is 30.7 Å². The normalized spacial score (nSPS) is 16.6. The molecule has 2 rings (SSSR count). The topological polar surface area (TPSA) is 35.2 Å². The van der Waals surface area contributed by atoms with E-state index in [0.717, 1.165) is 12.3 Å². The molecule has 0 aliphatic heterocycles. The van der Waals surface area contributed by atoms with Gasteiger partial charge in [-0.3, -0.25) is 0 Å². The van der Waals surface area contributed by atoms with Crippen molar-refractivity contribution in [3.8, 4) is 0 Å². The first kappa shape index (κ1) is 9.69. The van der Waals surface area contributed by atoms with Crippen LogP contribution in [0.25, 0.3) is 0 Å². The third kappa shape index (κ3) is 1.97. The zero-order valence-corrected chi connectivity index (χ0v) is 8.41. The molecule has 1 fully saturated rings. The molecule has 0 amide bonds. The van der Waals surface area contributed by atoms with Crippen LogP contribution in [0.15, 0.2) is 24.3 Å². The van der Waals surface area contributed by atoms with E-state index in [1.807, 2.05) is 0 Å². The molecule has 0 bridgehead atoms. The van der Waals surface area contributed by atoms with Crippen LogP contribution in [0.3, 0.4) is 0 Å². The van der Waals surface area contributed by atoms with Crippen molar-refractivity contribution in [1.29, 1.82) is 0 Å². The molecule has 2 heteroatoms. The SMILES string of the molecule is NOCCc1ccccc1C1CCC1. The first-order valence-corrected chi connectivity index (χ1v) is 5.31. The zero-order valence-electron chi connectivity index (χ0n) is 8.41. The molecule has 1 saturated carbocycles. The summed E-state index contributed by atoms with van der Waals surface area (Å²) < 4.78 is 0. The first-order valence-electron chi connectivity index (χ1n) is 5.31. The molecule has 1 aromatic rings. The summed E-state index contributed by atoms with van der Waals surface area (Å²) in [6.45, 7) is 0.615. The number of nitrogens with two attached hydrogens (primary N) is 1. The van der Waals surface area contributed by atoms with Gasteiger partial charge in [0.15, 0.2) is 0 Å². The Morgan fingerprint density at radius 3 is 2.71 bits per heavy atom. The fraction of sp³-hybridized carbons (Fsp3) is 0.500. The molecule has 76 valence electrons. The highest BCUT2D eigenvalue weighted by atomic mass is 16.6.